The highest BCUT2D eigenvalue weighted by Crippen LogP contribution is 2.40. The van der Waals surface area contributed by atoms with E-state index in [0.29, 0.717) is 18.7 Å². The summed E-state index contributed by atoms with van der Waals surface area (Å²) >= 11 is 0. The summed E-state index contributed by atoms with van der Waals surface area (Å²) in [4.78, 5) is 10.0. The zero-order valence-electron chi connectivity index (χ0n) is 11.8. The molecule has 0 aromatic rings. The average molecular weight is 249 g/mol. The fourth-order valence-corrected chi connectivity index (χ4v) is 2.67. The minimum Gasteiger partial charge on any atom is -0.338 e. The van der Waals surface area contributed by atoms with Gasteiger partial charge in [-0.3, -0.25) is 0 Å². The molecule has 0 aliphatic heterocycles. The van der Waals surface area contributed by atoms with Crippen molar-refractivity contribution < 1.29 is 9.42 Å². The molecule has 4 heteroatoms. The lowest BCUT2D eigenvalue weighted by atomic mass is 9.93. The van der Waals surface area contributed by atoms with E-state index in [-0.39, 0.29) is 5.41 Å². The summed E-state index contributed by atoms with van der Waals surface area (Å²) < 4.78 is 7.57. The molecule has 0 saturated heterocycles. The molecule has 0 aliphatic rings. The maximum Gasteiger partial charge on any atom is 0.256 e. The van der Waals surface area contributed by atoms with Gasteiger partial charge in [-0.2, -0.15) is 0 Å². The lowest BCUT2D eigenvalue weighted by Crippen LogP contribution is -2.33. The molecule has 0 saturated carbocycles. The van der Waals surface area contributed by atoms with Crippen molar-refractivity contribution in [2.45, 2.75) is 67.0 Å². The largest absolute Gasteiger partial charge is 0.338 e. The van der Waals surface area contributed by atoms with E-state index >= 15 is 0 Å². The Morgan fingerprint density at radius 3 is 1.88 bits per heavy atom. The van der Waals surface area contributed by atoms with Crippen LogP contribution in [0.4, 0.5) is 0 Å². The minimum atomic E-state index is -1.44. The van der Waals surface area contributed by atoms with Crippen LogP contribution in [0.5, 0.6) is 0 Å². The van der Waals surface area contributed by atoms with E-state index in [1.165, 1.54) is 0 Å². The standard InChI is InChI=1S/C12H28NO2P/c1-10(2)13(11(3)4)16(14)15-9-8-12(5,6)7/h10-11,14H,8-9H2,1-7H3. The molecule has 0 heterocycles. The predicted octanol–water partition coefficient (Wildman–Crippen LogP) is 3.78. The second-order valence-corrected chi connectivity index (χ2v) is 7.19. The van der Waals surface area contributed by atoms with Crippen LogP contribution in [0.15, 0.2) is 0 Å². The maximum atomic E-state index is 10.0. The van der Waals surface area contributed by atoms with Gasteiger partial charge in [0, 0.05) is 12.1 Å². The number of hydrogen-bond donors (Lipinski definition) is 1. The highest BCUT2D eigenvalue weighted by Gasteiger charge is 2.24. The molecule has 0 spiro atoms. The van der Waals surface area contributed by atoms with E-state index in [1.807, 2.05) is 4.67 Å². The summed E-state index contributed by atoms with van der Waals surface area (Å²) in [6.07, 6.45) is 0.969. The van der Waals surface area contributed by atoms with Crippen LogP contribution in [-0.2, 0) is 4.52 Å². The zero-order valence-corrected chi connectivity index (χ0v) is 12.7. The Hall–Kier alpha value is 0.310. The fourth-order valence-electron chi connectivity index (χ4n) is 1.49. The molecule has 3 nitrogen and oxygen atoms in total. The normalized spacial score (nSPS) is 15.2. The van der Waals surface area contributed by atoms with E-state index < -0.39 is 8.53 Å². The summed E-state index contributed by atoms with van der Waals surface area (Å²) in [5, 5.41) is 0. The lowest BCUT2D eigenvalue weighted by molar-refractivity contribution is 0.189. The van der Waals surface area contributed by atoms with Crippen molar-refractivity contribution in [3.63, 3.8) is 0 Å². The first-order valence-corrected chi connectivity index (χ1v) is 7.22. The van der Waals surface area contributed by atoms with Crippen LogP contribution in [0.3, 0.4) is 0 Å². The first kappa shape index (κ1) is 16.3. The van der Waals surface area contributed by atoms with Gasteiger partial charge in [-0.15, -0.1) is 0 Å². The molecule has 0 amide bonds. The maximum absolute atomic E-state index is 10.0. The number of rotatable bonds is 6. The topological polar surface area (TPSA) is 32.7 Å². The van der Waals surface area contributed by atoms with Crippen LogP contribution < -0.4 is 0 Å². The van der Waals surface area contributed by atoms with Crippen LogP contribution >= 0.6 is 8.53 Å². The van der Waals surface area contributed by atoms with Gasteiger partial charge < -0.3 is 9.42 Å². The summed E-state index contributed by atoms with van der Waals surface area (Å²) in [7, 11) is -1.44. The third kappa shape index (κ3) is 6.80. The van der Waals surface area contributed by atoms with Gasteiger partial charge in [0.15, 0.2) is 0 Å². The van der Waals surface area contributed by atoms with Gasteiger partial charge in [0.25, 0.3) is 8.53 Å². The van der Waals surface area contributed by atoms with E-state index in [9.17, 15) is 4.89 Å². The van der Waals surface area contributed by atoms with E-state index in [1.54, 1.807) is 0 Å². The molecular formula is C12H28NO2P. The van der Waals surface area contributed by atoms with Gasteiger partial charge in [-0.1, -0.05) is 20.8 Å². The average Bonchev–Trinajstić information content (AvgIpc) is 1.99. The third-order valence-corrected chi connectivity index (χ3v) is 4.05. The second-order valence-electron chi connectivity index (χ2n) is 5.96. The molecule has 0 bridgehead atoms. The Morgan fingerprint density at radius 2 is 1.56 bits per heavy atom. The smallest absolute Gasteiger partial charge is 0.256 e. The van der Waals surface area contributed by atoms with E-state index in [4.69, 9.17) is 4.52 Å². The Bertz CT molecular complexity index is 182. The molecule has 16 heavy (non-hydrogen) atoms. The monoisotopic (exact) mass is 249 g/mol. The Morgan fingerprint density at radius 1 is 1.12 bits per heavy atom. The van der Waals surface area contributed by atoms with Gasteiger partial charge in [-0.25, -0.2) is 4.67 Å². The summed E-state index contributed by atoms with van der Waals surface area (Å²) in [5.41, 5.74) is 0.261. The molecule has 0 rings (SSSR count). The fraction of sp³-hybridized carbons (Fsp3) is 1.00. The quantitative estimate of drug-likeness (QED) is 0.727. The van der Waals surface area contributed by atoms with Crippen LogP contribution in [0.25, 0.3) is 0 Å². The number of hydrogen-bond acceptors (Lipinski definition) is 3. The van der Waals surface area contributed by atoms with Gasteiger partial charge >= 0.3 is 0 Å². The molecule has 0 aromatic carbocycles. The van der Waals surface area contributed by atoms with Crippen molar-refractivity contribution in [1.82, 2.24) is 4.67 Å². The summed E-state index contributed by atoms with van der Waals surface area (Å²) in [6.45, 7) is 15.5. The van der Waals surface area contributed by atoms with Crippen LogP contribution in [-0.4, -0.2) is 28.3 Å². The molecule has 1 N–H and O–H groups in total. The second kappa shape index (κ2) is 6.90. The predicted molar refractivity (Wildman–Crippen MR) is 71.3 cm³/mol. The van der Waals surface area contributed by atoms with Gasteiger partial charge in [0.1, 0.15) is 0 Å². The molecular weight excluding hydrogens is 221 g/mol. The van der Waals surface area contributed by atoms with Crippen molar-refractivity contribution in [3.05, 3.63) is 0 Å². The van der Waals surface area contributed by atoms with Crippen molar-refractivity contribution >= 4 is 8.53 Å². The molecule has 98 valence electrons. The highest BCUT2D eigenvalue weighted by atomic mass is 31.2. The molecule has 1 unspecified atom stereocenters. The van der Waals surface area contributed by atoms with Crippen LogP contribution in [0.2, 0.25) is 0 Å². The number of nitrogens with zero attached hydrogens (tertiary/aromatic N) is 1. The van der Waals surface area contributed by atoms with Gasteiger partial charge in [0.2, 0.25) is 0 Å². The van der Waals surface area contributed by atoms with Crippen molar-refractivity contribution in [3.8, 4) is 0 Å². The van der Waals surface area contributed by atoms with E-state index in [0.717, 1.165) is 6.42 Å². The SMILES string of the molecule is CC(C)N(C(C)C)P(O)OCCC(C)(C)C. The molecule has 0 aromatic heterocycles. The Balaban J connectivity index is 4.07. The lowest BCUT2D eigenvalue weighted by Gasteiger charge is -2.33. The van der Waals surface area contributed by atoms with Gasteiger partial charge in [0.05, 0.1) is 6.61 Å². The van der Waals surface area contributed by atoms with Crippen molar-refractivity contribution in [1.29, 1.82) is 0 Å². The molecule has 0 radical (unpaired) electrons. The van der Waals surface area contributed by atoms with Gasteiger partial charge in [-0.05, 0) is 39.5 Å². The third-order valence-electron chi connectivity index (χ3n) is 2.31. The highest BCUT2D eigenvalue weighted by molar-refractivity contribution is 7.43. The van der Waals surface area contributed by atoms with Crippen LogP contribution in [0.1, 0.15) is 54.9 Å². The van der Waals surface area contributed by atoms with Crippen molar-refractivity contribution in [2.24, 2.45) is 5.41 Å². The molecule has 0 aliphatic carbocycles. The first-order chi connectivity index (χ1) is 7.15. The van der Waals surface area contributed by atoms with Crippen molar-refractivity contribution in [2.75, 3.05) is 6.61 Å². The summed E-state index contributed by atoms with van der Waals surface area (Å²) in [5.74, 6) is 0. The zero-order chi connectivity index (χ0) is 12.9. The Labute approximate surface area is 102 Å². The van der Waals surface area contributed by atoms with Crippen LogP contribution in [0, 0.1) is 5.41 Å². The molecule has 0 fully saturated rings. The Kier molecular flexibility index (Phi) is 7.04. The molecule has 1 atom stereocenters. The minimum absolute atomic E-state index is 0.261. The summed E-state index contributed by atoms with van der Waals surface area (Å²) in [6, 6.07) is 0.622. The van der Waals surface area contributed by atoms with E-state index in [2.05, 4.69) is 48.5 Å². The first-order valence-electron chi connectivity index (χ1n) is 6.05.